The first-order chi connectivity index (χ1) is 8.95. The van der Waals surface area contributed by atoms with E-state index in [2.05, 4.69) is 23.9 Å². The fraction of sp³-hybridized carbons (Fsp3) is 0.667. The number of aliphatic hydroxyl groups is 1. The Balaban J connectivity index is 2.53. The van der Waals surface area contributed by atoms with Crippen LogP contribution in [0.5, 0.6) is 0 Å². The Morgan fingerprint density at radius 3 is 2.74 bits per heavy atom. The fourth-order valence-electron chi connectivity index (χ4n) is 1.44. The Bertz CT molecular complexity index is 468. The summed E-state index contributed by atoms with van der Waals surface area (Å²) in [6, 6.07) is 3.08. The second kappa shape index (κ2) is 7.64. The highest BCUT2D eigenvalue weighted by molar-refractivity contribution is 7.89. The van der Waals surface area contributed by atoms with Crippen LogP contribution in [0.25, 0.3) is 0 Å². The van der Waals surface area contributed by atoms with Gasteiger partial charge in [-0.05, 0) is 31.0 Å². The quantitative estimate of drug-likeness (QED) is 0.582. The number of sulfonamides is 1. The van der Waals surface area contributed by atoms with Crippen LogP contribution in [0.1, 0.15) is 26.0 Å². The zero-order valence-electron chi connectivity index (χ0n) is 11.3. The van der Waals surface area contributed by atoms with E-state index in [-0.39, 0.29) is 18.2 Å². The van der Waals surface area contributed by atoms with Crippen molar-refractivity contribution in [1.82, 2.24) is 10.0 Å². The molecule has 6 nitrogen and oxygen atoms in total. The van der Waals surface area contributed by atoms with Crippen LogP contribution in [0.4, 0.5) is 0 Å². The summed E-state index contributed by atoms with van der Waals surface area (Å²) >= 11 is 0. The lowest BCUT2D eigenvalue weighted by molar-refractivity contribution is 0.289. The lowest BCUT2D eigenvalue weighted by Crippen LogP contribution is -2.25. The van der Waals surface area contributed by atoms with E-state index < -0.39 is 10.0 Å². The topological polar surface area (TPSA) is 91.6 Å². The van der Waals surface area contributed by atoms with Gasteiger partial charge in [0.1, 0.15) is 5.76 Å². The molecule has 0 radical (unpaired) electrons. The average molecular weight is 290 g/mol. The standard InChI is InChI=1S/C12H22N2O4S/c1-10(2)8-13-9-11-4-5-12(18-11)19(16,17)14-6-3-7-15/h4-5,10,13-15H,3,6-9H2,1-2H3. The summed E-state index contributed by atoms with van der Waals surface area (Å²) < 4.78 is 31.2. The van der Waals surface area contributed by atoms with Crippen LogP contribution in [0, 0.1) is 5.92 Å². The molecule has 0 atom stereocenters. The minimum absolute atomic E-state index is 0.0505. The van der Waals surface area contributed by atoms with Crippen molar-refractivity contribution in [3.8, 4) is 0 Å². The highest BCUT2D eigenvalue weighted by atomic mass is 32.2. The van der Waals surface area contributed by atoms with Crippen LogP contribution in [-0.2, 0) is 16.6 Å². The minimum atomic E-state index is -3.61. The molecule has 1 rings (SSSR count). The number of nitrogens with one attached hydrogen (secondary N) is 2. The minimum Gasteiger partial charge on any atom is -0.447 e. The second-order valence-corrected chi connectivity index (χ2v) is 6.42. The highest BCUT2D eigenvalue weighted by Crippen LogP contribution is 2.13. The van der Waals surface area contributed by atoms with Gasteiger partial charge in [-0.25, -0.2) is 13.1 Å². The predicted molar refractivity (Wildman–Crippen MR) is 72.1 cm³/mol. The molecule has 0 bridgehead atoms. The molecule has 1 aromatic heterocycles. The van der Waals surface area contributed by atoms with Gasteiger partial charge >= 0.3 is 0 Å². The summed E-state index contributed by atoms with van der Waals surface area (Å²) in [4.78, 5) is 0. The van der Waals surface area contributed by atoms with Gasteiger partial charge in [-0.15, -0.1) is 0 Å². The van der Waals surface area contributed by atoms with Crippen LogP contribution in [0.15, 0.2) is 21.6 Å². The lowest BCUT2D eigenvalue weighted by atomic mass is 10.2. The van der Waals surface area contributed by atoms with Crippen LogP contribution >= 0.6 is 0 Å². The molecular formula is C12H22N2O4S. The molecule has 0 amide bonds. The summed E-state index contributed by atoms with van der Waals surface area (Å²) in [5.41, 5.74) is 0. The zero-order valence-corrected chi connectivity index (χ0v) is 12.2. The van der Waals surface area contributed by atoms with E-state index in [1.165, 1.54) is 6.07 Å². The molecule has 0 spiro atoms. The second-order valence-electron chi connectivity index (χ2n) is 4.72. The van der Waals surface area contributed by atoms with Crippen LogP contribution < -0.4 is 10.0 Å². The number of aliphatic hydroxyl groups excluding tert-OH is 1. The molecule has 1 heterocycles. The van der Waals surface area contributed by atoms with Crippen LogP contribution in [0.2, 0.25) is 0 Å². The maximum absolute atomic E-state index is 11.8. The molecule has 7 heteroatoms. The zero-order chi connectivity index (χ0) is 14.3. The van der Waals surface area contributed by atoms with Gasteiger partial charge in [-0.3, -0.25) is 0 Å². The normalized spacial score (nSPS) is 12.2. The van der Waals surface area contributed by atoms with E-state index in [0.29, 0.717) is 24.6 Å². The molecule has 3 N–H and O–H groups in total. The van der Waals surface area contributed by atoms with Gasteiger partial charge in [0, 0.05) is 13.2 Å². The number of hydrogen-bond acceptors (Lipinski definition) is 5. The maximum atomic E-state index is 11.8. The average Bonchev–Trinajstić information content (AvgIpc) is 2.78. The maximum Gasteiger partial charge on any atom is 0.273 e. The van der Waals surface area contributed by atoms with Gasteiger partial charge in [0.25, 0.3) is 10.0 Å². The molecule has 0 saturated carbocycles. The van der Waals surface area contributed by atoms with E-state index >= 15 is 0 Å². The van der Waals surface area contributed by atoms with E-state index in [4.69, 9.17) is 9.52 Å². The smallest absolute Gasteiger partial charge is 0.273 e. The number of rotatable bonds is 9. The van der Waals surface area contributed by atoms with Crippen molar-refractivity contribution in [2.45, 2.75) is 31.9 Å². The van der Waals surface area contributed by atoms with Gasteiger partial charge in [-0.2, -0.15) is 0 Å². The molecule has 0 saturated heterocycles. The molecule has 0 aliphatic carbocycles. The molecule has 19 heavy (non-hydrogen) atoms. The SMILES string of the molecule is CC(C)CNCc1ccc(S(=O)(=O)NCCCO)o1. The van der Waals surface area contributed by atoms with Gasteiger partial charge < -0.3 is 14.8 Å². The van der Waals surface area contributed by atoms with E-state index in [1.807, 2.05) is 0 Å². The summed E-state index contributed by atoms with van der Waals surface area (Å²) in [5, 5.41) is 11.7. The van der Waals surface area contributed by atoms with E-state index in [0.717, 1.165) is 6.54 Å². The van der Waals surface area contributed by atoms with Gasteiger partial charge in [-0.1, -0.05) is 13.8 Å². The Labute approximate surface area is 114 Å². The fourth-order valence-corrected chi connectivity index (χ4v) is 2.46. The Hall–Kier alpha value is -0.890. The third kappa shape index (κ3) is 5.73. The summed E-state index contributed by atoms with van der Waals surface area (Å²) in [5.74, 6) is 1.11. The molecule has 110 valence electrons. The van der Waals surface area contributed by atoms with Crippen LogP contribution in [-0.4, -0.2) is 33.2 Å². The van der Waals surface area contributed by atoms with Crippen molar-refractivity contribution in [2.75, 3.05) is 19.7 Å². The summed E-state index contributed by atoms with van der Waals surface area (Å²) in [6.07, 6.45) is 0.378. The molecule has 0 unspecified atom stereocenters. The third-order valence-corrected chi connectivity index (χ3v) is 3.71. The Kier molecular flexibility index (Phi) is 6.50. The molecule has 0 aromatic carbocycles. The molecule has 0 fully saturated rings. The first kappa shape index (κ1) is 16.2. The summed E-state index contributed by atoms with van der Waals surface area (Å²) in [7, 11) is -3.61. The van der Waals surface area contributed by atoms with Crippen molar-refractivity contribution < 1.29 is 17.9 Å². The largest absolute Gasteiger partial charge is 0.447 e. The number of hydrogen-bond donors (Lipinski definition) is 3. The van der Waals surface area contributed by atoms with Crippen molar-refractivity contribution in [3.05, 3.63) is 17.9 Å². The molecule has 0 aliphatic heterocycles. The summed E-state index contributed by atoms with van der Waals surface area (Å²) in [6.45, 7) is 5.68. The monoisotopic (exact) mass is 290 g/mol. The Morgan fingerprint density at radius 1 is 1.37 bits per heavy atom. The van der Waals surface area contributed by atoms with Crippen molar-refractivity contribution in [1.29, 1.82) is 0 Å². The molecular weight excluding hydrogens is 268 g/mol. The van der Waals surface area contributed by atoms with Crippen LogP contribution in [0.3, 0.4) is 0 Å². The predicted octanol–water partition coefficient (Wildman–Crippen LogP) is 0.686. The highest BCUT2D eigenvalue weighted by Gasteiger charge is 2.17. The molecule has 1 aromatic rings. The van der Waals surface area contributed by atoms with Gasteiger partial charge in [0.05, 0.1) is 6.54 Å². The van der Waals surface area contributed by atoms with Crippen molar-refractivity contribution >= 4 is 10.0 Å². The van der Waals surface area contributed by atoms with Crippen molar-refractivity contribution in [2.24, 2.45) is 5.92 Å². The van der Waals surface area contributed by atoms with E-state index in [9.17, 15) is 8.42 Å². The number of furan rings is 1. The van der Waals surface area contributed by atoms with Crippen molar-refractivity contribution in [3.63, 3.8) is 0 Å². The lowest BCUT2D eigenvalue weighted by Gasteiger charge is -2.05. The first-order valence-corrected chi connectivity index (χ1v) is 7.84. The first-order valence-electron chi connectivity index (χ1n) is 6.35. The van der Waals surface area contributed by atoms with E-state index in [1.54, 1.807) is 6.07 Å². The van der Waals surface area contributed by atoms with Gasteiger partial charge in [0.15, 0.2) is 0 Å². The Morgan fingerprint density at radius 2 is 2.11 bits per heavy atom. The molecule has 0 aliphatic rings. The third-order valence-electron chi connectivity index (χ3n) is 2.38. The van der Waals surface area contributed by atoms with Gasteiger partial charge in [0.2, 0.25) is 5.09 Å².